The summed E-state index contributed by atoms with van der Waals surface area (Å²) in [5, 5.41) is 10.4. The molecule has 1 aliphatic heterocycles. The third-order valence-electron chi connectivity index (χ3n) is 4.68. The highest BCUT2D eigenvalue weighted by Crippen LogP contribution is 2.51. The van der Waals surface area contributed by atoms with Gasteiger partial charge in [0.05, 0.1) is 11.7 Å². The molecule has 0 radical (unpaired) electrons. The molecule has 18 heavy (non-hydrogen) atoms. The first-order valence-corrected chi connectivity index (χ1v) is 6.68. The van der Waals surface area contributed by atoms with E-state index in [4.69, 9.17) is 4.74 Å². The van der Waals surface area contributed by atoms with Crippen molar-refractivity contribution in [2.24, 2.45) is 17.3 Å². The molecule has 3 atom stereocenters. The van der Waals surface area contributed by atoms with E-state index in [0.717, 1.165) is 18.4 Å². The lowest BCUT2D eigenvalue weighted by Crippen LogP contribution is -2.27. The van der Waals surface area contributed by atoms with E-state index >= 15 is 0 Å². The molecule has 1 N–H and O–H groups in total. The van der Waals surface area contributed by atoms with Crippen molar-refractivity contribution in [3.05, 3.63) is 22.8 Å². The maximum Gasteiger partial charge on any atom is 0.338 e. The van der Waals surface area contributed by atoms with E-state index in [2.05, 4.69) is 20.8 Å². The Hall–Kier alpha value is -1.09. The fraction of sp³-hybridized carbons (Fsp3) is 0.667. The zero-order valence-corrected chi connectivity index (χ0v) is 11.2. The Morgan fingerprint density at radius 1 is 1.44 bits per heavy atom. The maximum absolute atomic E-state index is 11.7. The summed E-state index contributed by atoms with van der Waals surface area (Å²) in [7, 11) is 0. The summed E-state index contributed by atoms with van der Waals surface area (Å²) in [6.45, 7) is 6.86. The summed E-state index contributed by atoms with van der Waals surface area (Å²) in [5.74, 6) is 0.294. The van der Waals surface area contributed by atoms with Crippen molar-refractivity contribution < 1.29 is 14.6 Å². The SMILES string of the molecule is CC1C(O)C2=C(C=C3CC(C)(C)CC31)C(=O)OC2. The molecule has 0 aromatic heterocycles. The van der Waals surface area contributed by atoms with Crippen LogP contribution in [0.15, 0.2) is 22.8 Å². The first-order valence-electron chi connectivity index (χ1n) is 6.68. The van der Waals surface area contributed by atoms with Crippen molar-refractivity contribution in [1.82, 2.24) is 0 Å². The first kappa shape index (κ1) is 12.0. The minimum Gasteiger partial charge on any atom is -0.457 e. The van der Waals surface area contributed by atoms with Crippen molar-refractivity contribution in [2.75, 3.05) is 6.61 Å². The van der Waals surface area contributed by atoms with E-state index in [1.54, 1.807) is 0 Å². The molecule has 3 rings (SSSR count). The number of allylic oxidation sites excluding steroid dienone is 1. The van der Waals surface area contributed by atoms with Gasteiger partial charge in [-0.1, -0.05) is 26.3 Å². The van der Waals surface area contributed by atoms with Crippen LogP contribution in [0.1, 0.15) is 33.6 Å². The molecule has 2 aliphatic carbocycles. The summed E-state index contributed by atoms with van der Waals surface area (Å²) in [5.41, 5.74) is 2.98. The molecule has 3 nitrogen and oxygen atoms in total. The Bertz CT molecular complexity index is 470. The Labute approximate surface area is 108 Å². The lowest BCUT2D eigenvalue weighted by Gasteiger charge is -2.26. The lowest BCUT2D eigenvalue weighted by molar-refractivity contribution is -0.135. The van der Waals surface area contributed by atoms with Gasteiger partial charge in [-0.15, -0.1) is 0 Å². The quantitative estimate of drug-likeness (QED) is 0.669. The van der Waals surface area contributed by atoms with E-state index in [0.29, 0.717) is 11.5 Å². The first-order chi connectivity index (χ1) is 8.39. The number of rotatable bonds is 0. The minimum absolute atomic E-state index is 0.167. The van der Waals surface area contributed by atoms with Gasteiger partial charge in [-0.25, -0.2) is 4.79 Å². The Morgan fingerprint density at radius 3 is 2.89 bits per heavy atom. The van der Waals surface area contributed by atoms with Gasteiger partial charge in [-0.05, 0) is 36.2 Å². The summed E-state index contributed by atoms with van der Waals surface area (Å²) < 4.78 is 5.06. The monoisotopic (exact) mass is 248 g/mol. The fourth-order valence-electron chi connectivity index (χ4n) is 3.71. The predicted molar refractivity (Wildman–Crippen MR) is 67.7 cm³/mol. The van der Waals surface area contributed by atoms with E-state index in [-0.39, 0.29) is 23.9 Å². The van der Waals surface area contributed by atoms with E-state index in [9.17, 15) is 9.90 Å². The highest BCUT2D eigenvalue weighted by Gasteiger charge is 2.44. The van der Waals surface area contributed by atoms with Gasteiger partial charge < -0.3 is 9.84 Å². The van der Waals surface area contributed by atoms with Crippen LogP contribution < -0.4 is 0 Å². The zero-order chi connectivity index (χ0) is 13.1. The van der Waals surface area contributed by atoms with Crippen molar-refractivity contribution in [3.8, 4) is 0 Å². The third-order valence-corrected chi connectivity index (χ3v) is 4.68. The van der Waals surface area contributed by atoms with Crippen molar-refractivity contribution >= 4 is 5.97 Å². The van der Waals surface area contributed by atoms with Crippen molar-refractivity contribution in [3.63, 3.8) is 0 Å². The topological polar surface area (TPSA) is 46.5 Å². The average molecular weight is 248 g/mol. The molecule has 3 heteroatoms. The van der Waals surface area contributed by atoms with Crippen LogP contribution in [0.4, 0.5) is 0 Å². The van der Waals surface area contributed by atoms with Crippen molar-refractivity contribution in [1.29, 1.82) is 0 Å². The molecular formula is C15H20O3. The van der Waals surface area contributed by atoms with Crippen LogP contribution in [0.2, 0.25) is 0 Å². The van der Waals surface area contributed by atoms with Gasteiger partial charge in [0.15, 0.2) is 0 Å². The molecule has 98 valence electrons. The lowest BCUT2D eigenvalue weighted by atomic mass is 9.82. The number of carbonyl (C=O) groups excluding carboxylic acids is 1. The summed E-state index contributed by atoms with van der Waals surface area (Å²) in [6.07, 6.45) is 3.56. The van der Waals surface area contributed by atoms with Crippen LogP contribution >= 0.6 is 0 Å². The Kier molecular flexibility index (Phi) is 2.46. The number of esters is 1. The summed E-state index contributed by atoms with van der Waals surface area (Å²) >= 11 is 0. The van der Waals surface area contributed by atoms with Crippen LogP contribution in [-0.2, 0) is 9.53 Å². The predicted octanol–water partition coefficient (Wildman–Crippen LogP) is 2.21. The molecule has 3 unspecified atom stereocenters. The number of hydrogen-bond acceptors (Lipinski definition) is 3. The van der Waals surface area contributed by atoms with Crippen molar-refractivity contribution in [2.45, 2.75) is 39.7 Å². The largest absolute Gasteiger partial charge is 0.457 e. The molecule has 0 aromatic rings. The second-order valence-corrected chi connectivity index (χ2v) is 6.69. The molecule has 0 amide bonds. The van der Waals surface area contributed by atoms with Gasteiger partial charge in [-0.3, -0.25) is 0 Å². The van der Waals surface area contributed by atoms with Crippen LogP contribution in [0, 0.1) is 17.3 Å². The second kappa shape index (κ2) is 3.70. The van der Waals surface area contributed by atoms with Gasteiger partial charge in [-0.2, -0.15) is 0 Å². The number of aliphatic hydroxyl groups excluding tert-OH is 1. The zero-order valence-electron chi connectivity index (χ0n) is 11.2. The number of aliphatic hydroxyl groups is 1. The normalized spacial score (nSPS) is 37.9. The molecule has 3 aliphatic rings. The van der Waals surface area contributed by atoms with Gasteiger partial charge in [0, 0.05) is 5.57 Å². The maximum atomic E-state index is 11.7. The molecular weight excluding hydrogens is 228 g/mol. The van der Waals surface area contributed by atoms with Gasteiger partial charge >= 0.3 is 5.97 Å². The van der Waals surface area contributed by atoms with Gasteiger partial charge in [0.2, 0.25) is 0 Å². The third kappa shape index (κ3) is 1.64. The number of cyclic esters (lactones) is 1. The minimum atomic E-state index is -0.543. The molecule has 0 spiro atoms. The number of carbonyl (C=O) groups is 1. The molecule has 0 aromatic carbocycles. The van der Waals surface area contributed by atoms with Crippen LogP contribution in [0.5, 0.6) is 0 Å². The smallest absolute Gasteiger partial charge is 0.338 e. The average Bonchev–Trinajstić information content (AvgIpc) is 2.76. The molecule has 1 heterocycles. The summed E-state index contributed by atoms with van der Waals surface area (Å²) in [4.78, 5) is 11.7. The standard InChI is InChI=1S/C15H20O3/c1-8-11-6-15(2,3)5-9(11)4-10-12(13(8)16)7-18-14(10)17/h4,8,11,13,16H,5-7H2,1-3H3. The van der Waals surface area contributed by atoms with E-state index in [1.807, 2.05) is 6.08 Å². The molecule has 1 saturated carbocycles. The molecule has 0 saturated heterocycles. The Morgan fingerprint density at radius 2 is 2.17 bits per heavy atom. The van der Waals surface area contributed by atoms with E-state index < -0.39 is 6.10 Å². The van der Waals surface area contributed by atoms with Gasteiger partial charge in [0.25, 0.3) is 0 Å². The Balaban J connectivity index is 2.07. The van der Waals surface area contributed by atoms with Gasteiger partial charge in [0.1, 0.15) is 6.61 Å². The van der Waals surface area contributed by atoms with Crippen LogP contribution in [0.25, 0.3) is 0 Å². The number of ether oxygens (including phenoxy) is 1. The fourth-order valence-corrected chi connectivity index (χ4v) is 3.71. The molecule has 0 bridgehead atoms. The summed E-state index contributed by atoms with van der Waals surface area (Å²) in [6, 6.07) is 0. The van der Waals surface area contributed by atoms with Crippen LogP contribution in [-0.4, -0.2) is 23.8 Å². The van der Waals surface area contributed by atoms with Crippen LogP contribution in [0.3, 0.4) is 0 Å². The highest BCUT2D eigenvalue weighted by molar-refractivity contribution is 5.95. The second-order valence-electron chi connectivity index (χ2n) is 6.69. The number of fused-ring (bicyclic) bond motifs is 1. The number of hydrogen-bond donors (Lipinski definition) is 1. The highest BCUT2D eigenvalue weighted by atomic mass is 16.5. The van der Waals surface area contributed by atoms with E-state index in [1.165, 1.54) is 5.57 Å². The molecule has 1 fully saturated rings.